The van der Waals surface area contributed by atoms with Gasteiger partial charge in [-0.15, -0.1) is 11.3 Å². The van der Waals surface area contributed by atoms with Gasteiger partial charge in [-0.05, 0) is 19.1 Å². The molecule has 100 valence electrons. The second-order valence-corrected chi connectivity index (χ2v) is 4.85. The van der Waals surface area contributed by atoms with Crippen LogP contribution in [-0.4, -0.2) is 23.2 Å². The van der Waals surface area contributed by atoms with E-state index >= 15 is 0 Å². The molecule has 0 amide bonds. The molecule has 5 nitrogen and oxygen atoms in total. The number of carboxylic acids is 1. The van der Waals surface area contributed by atoms with Crippen molar-refractivity contribution in [1.29, 1.82) is 0 Å². The molecule has 0 aliphatic heterocycles. The zero-order valence-electron chi connectivity index (χ0n) is 10.5. The maximum Gasteiger partial charge on any atom is 0.347 e. The molecule has 1 aromatic carbocycles. The SMILES string of the molecule is COc1ccccc1OCc1nc(C)c(C(=O)O)s1. The van der Waals surface area contributed by atoms with Crippen molar-refractivity contribution in [2.45, 2.75) is 13.5 Å². The topological polar surface area (TPSA) is 68.7 Å². The third kappa shape index (κ3) is 3.03. The van der Waals surface area contributed by atoms with Gasteiger partial charge >= 0.3 is 5.97 Å². The molecule has 0 aliphatic carbocycles. The average Bonchev–Trinajstić information content (AvgIpc) is 2.78. The molecule has 1 aromatic heterocycles. The first kappa shape index (κ1) is 13.4. The van der Waals surface area contributed by atoms with Gasteiger partial charge < -0.3 is 14.6 Å². The normalized spacial score (nSPS) is 10.2. The predicted octanol–water partition coefficient (Wildman–Crippen LogP) is 2.74. The van der Waals surface area contributed by atoms with E-state index in [9.17, 15) is 4.79 Å². The summed E-state index contributed by atoms with van der Waals surface area (Å²) in [4.78, 5) is 15.3. The number of rotatable bonds is 5. The third-order valence-electron chi connectivity index (χ3n) is 2.46. The van der Waals surface area contributed by atoms with Crippen LogP contribution in [-0.2, 0) is 6.61 Å². The van der Waals surface area contributed by atoms with Gasteiger partial charge in [-0.3, -0.25) is 0 Å². The largest absolute Gasteiger partial charge is 0.493 e. The first-order valence-electron chi connectivity index (χ1n) is 5.57. The first-order chi connectivity index (χ1) is 9.11. The summed E-state index contributed by atoms with van der Waals surface area (Å²) in [5.74, 6) is 0.280. The molecule has 0 saturated carbocycles. The minimum Gasteiger partial charge on any atom is -0.493 e. The Bertz CT molecular complexity index is 594. The summed E-state index contributed by atoms with van der Waals surface area (Å²) in [6.45, 7) is 1.89. The predicted molar refractivity (Wildman–Crippen MR) is 71.1 cm³/mol. The van der Waals surface area contributed by atoms with Crippen molar-refractivity contribution in [2.24, 2.45) is 0 Å². The Morgan fingerprint density at radius 2 is 2.05 bits per heavy atom. The van der Waals surface area contributed by atoms with E-state index in [0.717, 1.165) is 11.3 Å². The highest BCUT2D eigenvalue weighted by Gasteiger charge is 2.14. The van der Waals surface area contributed by atoms with E-state index in [-0.39, 0.29) is 11.5 Å². The quantitative estimate of drug-likeness (QED) is 0.911. The van der Waals surface area contributed by atoms with Gasteiger partial charge in [0.15, 0.2) is 11.5 Å². The lowest BCUT2D eigenvalue weighted by Gasteiger charge is -2.08. The van der Waals surface area contributed by atoms with Gasteiger partial charge in [0.25, 0.3) is 0 Å². The smallest absolute Gasteiger partial charge is 0.347 e. The van der Waals surface area contributed by atoms with E-state index in [1.807, 2.05) is 12.1 Å². The molecule has 0 aliphatic rings. The zero-order valence-corrected chi connectivity index (χ0v) is 11.4. The van der Waals surface area contributed by atoms with E-state index < -0.39 is 5.97 Å². The van der Waals surface area contributed by atoms with Crippen molar-refractivity contribution < 1.29 is 19.4 Å². The lowest BCUT2D eigenvalue weighted by Crippen LogP contribution is -1.97. The number of aryl methyl sites for hydroxylation is 1. The monoisotopic (exact) mass is 279 g/mol. The van der Waals surface area contributed by atoms with Gasteiger partial charge in [-0.25, -0.2) is 9.78 Å². The van der Waals surface area contributed by atoms with Gasteiger partial charge in [-0.1, -0.05) is 12.1 Å². The molecule has 0 saturated heterocycles. The number of methoxy groups -OCH3 is 1. The van der Waals surface area contributed by atoms with Crippen LogP contribution in [0.5, 0.6) is 11.5 Å². The van der Waals surface area contributed by atoms with E-state index in [0.29, 0.717) is 22.2 Å². The summed E-state index contributed by atoms with van der Waals surface area (Å²) in [5.41, 5.74) is 0.510. The molecule has 0 bridgehead atoms. The molecule has 19 heavy (non-hydrogen) atoms. The molecule has 1 heterocycles. The highest BCUT2D eigenvalue weighted by atomic mass is 32.1. The molecule has 0 radical (unpaired) electrons. The van der Waals surface area contributed by atoms with Gasteiger partial charge in [-0.2, -0.15) is 0 Å². The van der Waals surface area contributed by atoms with Crippen LogP contribution in [0.25, 0.3) is 0 Å². The third-order valence-corrected chi connectivity index (χ3v) is 3.57. The molecule has 2 rings (SSSR count). The number of aromatic nitrogens is 1. The number of carbonyl (C=O) groups is 1. The fourth-order valence-corrected chi connectivity index (χ4v) is 2.41. The van der Waals surface area contributed by atoms with Gasteiger partial charge in [0.2, 0.25) is 0 Å². The lowest BCUT2D eigenvalue weighted by molar-refractivity contribution is 0.0701. The fourth-order valence-electron chi connectivity index (χ4n) is 1.59. The highest BCUT2D eigenvalue weighted by Crippen LogP contribution is 2.27. The van der Waals surface area contributed by atoms with Crippen molar-refractivity contribution in [2.75, 3.05) is 7.11 Å². The van der Waals surface area contributed by atoms with Crippen molar-refractivity contribution in [3.63, 3.8) is 0 Å². The second kappa shape index (κ2) is 5.71. The van der Waals surface area contributed by atoms with Crippen LogP contribution in [0.2, 0.25) is 0 Å². The summed E-state index contributed by atoms with van der Waals surface area (Å²) in [6.07, 6.45) is 0. The Labute approximate surface area is 114 Å². The van der Waals surface area contributed by atoms with E-state index in [1.165, 1.54) is 0 Å². The van der Waals surface area contributed by atoms with Gasteiger partial charge in [0.05, 0.1) is 12.8 Å². The second-order valence-electron chi connectivity index (χ2n) is 3.77. The van der Waals surface area contributed by atoms with Crippen LogP contribution in [0.15, 0.2) is 24.3 Å². The van der Waals surface area contributed by atoms with Crippen LogP contribution < -0.4 is 9.47 Å². The van der Waals surface area contributed by atoms with E-state index in [1.54, 1.807) is 26.2 Å². The minimum absolute atomic E-state index is 0.221. The molecular formula is C13H13NO4S. The summed E-state index contributed by atoms with van der Waals surface area (Å²) in [6, 6.07) is 7.28. The first-order valence-corrected chi connectivity index (χ1v) is 6.39. The number of para-hydroxylation sites is 2. The Balaban J connectivity index is 2.10. The standard InChI is InChI=1S/C13H13NO4S/c1-8-12(13(15)16)19-11(14-8)7-18-10-6-4-3-5-9(10)17-2/h3-6H,7H2,1-2H3,(H,15,16). The maximum absolute atomic E-state index is 10.9. The summed E-state index contributed by atoms with van der Waals surface area (Å²) in [7, 11) is 1.57. The average molecular weight is 279 g/mol. The van der Waals surface area contributed by atoms with E-state index in [2.05, 4.69) is 4.98 Å². The number of hydrogen-bond donors (Lipinski definition) is 1. The van der Waals surface area contributed by atoms with Gasteiger partial charge in [0, 0.05) is 0 Å². The Morgan fingerprint density at radius 3 is 2.63 bits per heavy atom. The Kier molecular flexibility index (Phi) is 4.01. The number of nitrogens with zero attached hydrogens (tertiary/aromatic N) is 1. The van der Waals surface area contributed by atoms with Crippen LogP contribution >= 0.6 is 11.3 Å². The number of thiazole rings is 1. The van der Waals surface area contributed by atoms with Crippen LogP contribution in [0, 0.1) is 6.92 Å². The van der Waals surface area contributed by atoms with E-state index in [4.69, 9.17) is 14.6 Å². The number of hydrogen-bond acceptors (Lipinski definition) is 5. The van der Waals surface area contributed by atoms with Crippen LogP contribution in [0.1, 0.15) is 20.4 Å². The molecule has 0 unspecified atom stereocenters. The molecule has 1 N–H and O–H groups in total. The van der Waals surface area contributed by atoms with Crippen molar-refractivity contribution in [3.05, 3.63) is 39.8 Å². The number of aromatic carboxylic acids is 1. The Morgan fingerprint density at radius 1 is 1.37 bits per heavy atom. The zero-order chi connectivity index (χ0) is 13.8. The summed E-state index contributed by atoms with van der Waals surface area (Å²) >= 11 is 1.12. The summed E-state index contributed by atoms with van der Waals surface area (Å²) in [5, 5.41) is 9.58. The summed E-state index contributed by atoms with van der Waals surface area (Å²) < 4.78 is 10.8. The molecular weight excluding hydrogens is 266 g/mol. The van der Waals surface area contributed by atoms with Crippen LogP contribution in [0.4, 0.5) is 0 Å². The molecule has 6 heteroatoms. The van der Waals surface area contributed by atoms with Crippen molar-refractivity contribution in [1.82, 2.24) is 4.98 Å². The van der Waals surface area contributed by atoms with Crippen molar-refractivity contribution >= 4 is 17.3 Å². The van der Waals surface area contributed by atoms with Crippen LogP contribution in [0.3, 0.4) is 0 Å². The molecule has 2 aromatic rings. The Hall–Kier alpha value is -2.08. The molecule has 0 fully saturated rings. The number of carboxylic acid groups (broad SMARTS) is 1. The molecule has 0 spiro atoms. The molecule has 0 atom stereocenters. The fraction of sp³-hybridized carbons (Fsp3) is 0.231. The minimum atomic E-state index is -0.960. The van der Waals surface area contributed by atoms with Gasteiger partial charge in [0.1, 0.15) is 16.5 Å². The highest BCUT2D eigenvalue weighted by molar-refractivity contribution is 7.13. The maximum atomic E-state index is 10.9. The van der Waals surface area contributed by atoms with Crippen molar-refractivity contribution in [3.8, 4) is 11.5 Å². The lowest BCUT2D eigenvalue weighted by atomic mass is 10.3. The number of ether oxygens (including phenoxy) is 2. The number of benzene rings is 1.